The van der Waals surface area contributed by atoms with Gasteiger partial charge in [-0.1, -0.05) is 18.6 Å². The van der Waals surface area contributed by atoms with Crippen molar-refractivity contribution in [1.29, 1.82) is 0 Å². The molecule has 0 saturated carbocycles. The summed E-state index contributed by atoms with van der Waals surface area (Å²) in [6.07, 6.45) is 12.3. The number of ether oxygens (including phenoxy) is 1. The Morgan fingerprint density at radius 1 is 1.25 bits per heavy atom. The molecule has 0 fully saturated rings. The van der Waals surface area contributed by atoms with Crippen molar-refractivity contribution >= 4 is 29.9 Å². The quantitative estimate of drug-likeness (QED) is 0.150. The second-order valence-electron chi connectivity index (χ2n) is 6.79. The number of rotatable bonds is 12. The number of hydrogen-bond donors (Lipinski definition) is 2. The number of halogens is 1. The molecule has 160 valence electrons. The molecule has 0 spiro atoms. The van der Waals surface area contributed by atoms with Crippen molar-refractivity contribution in [2.75, 3.05) is 32.8 Å². The van der Waals surface area contributed by atoms with Crippen molar-refractivity contribution in [3.05, 3.63) is 23.8 Å². The summed E-state index contributed by atoms with van der Waals surface area (Å²) in [7, 11) is 0. The van der Waals surface area contributed by atoms with Gasteiger partial charge in [-0.15, -0.1) is 34.2 Å². The average Bonchev–Trinajstić information content (AvgIpc) is 3.15. The molecule has 0 atom stereocenters. The van der Waals surface area contributed by atoms with Gasteiger partial charge in [0.15, 0.2) is 5.96 Å². The normalized spacial score (nSPS) is 14.4. The Bertz CT molecular complexity index is 587. The Morgan fingerprint density at radius 2 is 2.11 bits per heavy atom. The topological polar surface area (TPSA) is 76.4 Å². The lowest BCUT2D eigenvalue weighted by molar-refractivity contribution is 0.146. The second kappa shape index (κ2) is 15.7. The molecule has 2 N–H and O–H groups in total. The van der Waals surface area contributed by atoms with Crippen molar-refractivity contribution in [2.24, 2.45) is 4.99 Å². The Kier molecular flexibility index (Phi) is 14.0. The summed E-state index contributed by atoms with van der Waals surface area (Å²) in [5.41, 5.74) is 1.58. The summed E-state index contributed by atoms with van der Waals surface area (Å²) in [4.78, 5) is 4.69. The monoisotopic (exact) mass is 504 g/mol. The third-order valence-electron chi connectivity index (χ3n) is 4.70. The van der Waals surface area contributed by atoms with E-state index in [0.29, 0.717) is 0 Å². The number of aliphatic imine (C=N–C) groups is 1. The lowest BCUT2D eigenvalue weighted by Gasteiger charge is -2.16. The standard InChI is InChI=1S/C20H36N6O.HI/c1-3-19-25-24-17-26(19)15-14-23-20(21-12-8-16-27-4-2)22-13-11-18-9-6-5-7-10-18;/h9,17H,3-8,10-16H2,1-2H3,(H2,21,22,23);1H. The number of aryl methyl sites for hydroxylation is 1. The first kappa shape index (κ1) is 24.9. The van der Waals surface area contributed by atoms with Crippen LogP contribution in [0.5, 0.6) is 0 Å². The van der Waals surface area contributed by atoms with Gasteiger partial charge >= 0.3 is 0 Å². The molecule has 8 heteroatoms. The second-order valence-corrected chi connectivity index (χ2v) is 6.79. The molecule has 1 heterocycles. The number of guanidine groups is 1. The Hall–Kier alpha value is -1.16. The number of allylic oxidation sites excluding steroid dienone is 1. The number of nitrogens with one attached hydrogen (secondary N) is 2. The fraction of sp³-hybridized carbons (Fsp3) is 0.750. The zero-order valence-corrected chi connectivity index (χ0v) is 19.8. The molecule has 28 heavy (non-hydrogen) atoms. The summed E-state index contributed by atoms with van der Waals surface area (Å²) >= 11 is 0. The molecule has 0 unspecified atom stereocenters. The molecule has 1 aliphatic carbocycles. The minimum Gasteiger partial charge on any atom is -0.382 e. The van der Waals surface area contributed by atoms with Gasteiger partial charge in [-0.25, -0.2) is 0 Å². The first-order valence-electron chi connectivity index (χ1n) is 10.5. The minimum absolute atomic E-state index is 0. The van der Waals surface area contributed by atoms with Crippen LogP contribution in [0.25, 0.3) is 0 Å². The van der Waals surface area contributed by atoms with Crippen molar-refractivity contribution in [3.63, 3.8) is 0 Å². The highest BCUT2D eigenvalue weighted by atomic mass is 127. The van der Waals surface area contributed by atoms with Crippen molar-refractivity contribution in [3.8, 4) is 0 Å². The van der Waals surface area contributed by atoms with E-state index in [4.69, 9.17) is 9.73 Å². The van der Waals surface area contributed by atoms with Gasteiger partial charge in [-0.2, -0.15) is 0 Å². The van der Waals surface area contributed by atoms with Crippen LogP contribution in [0.2, 0.25) is 0 Å². The predicted molar refractivity (Wildman–Crippen MR) is 125 cm³/mol. The summed E-state index contributed by atoms with van der Waals surface area (Å²) in [6, 6.07) is 0. The van der Waals surface area contributed by atoms with E-state index < -0.39 is 0 Å². The van der Waals surface area contributed by atoms with Crippen molar-refractivity contribution in [1.82, 2.24) is 25.4 Å². The minimum atomic E-state index is 0. The zero-order valence-electron chi connectivity index (χ0n) is 17.5. The van der Waals surface area contributed by atoms with Crippen LogP contribution < -0.4 is 10.6 Å². The molecule has 2 rings (SSSR count). The van der Waals surface area contributed by atoms with Gasteiger partial charge in [0.25, 0.3) is 0 Å². The Labute approximate surface area is 186 Å². The van der Waals surface area contributed by atoms with Crippen LogP contribution in [0.4, 0.5) is 0 Å². The molecule has 0 aliphatic heterocycles. The third kappa shape index (κ3) is 9.86. The fourth-order valence-electron chi connectivity index (χ4n) is 3.18. The largest absolute Gasteiger partial charge is 0.382 e. The smallest absolute Gasteiger partial charge is 0.191 e. The Balaban J connectivity index is 0.00000392. The highest BCUT2D eigenvalue weighted by Crippen LogP contribution is 2.19. The maximum atomic E-state index is 5.40. The highest BCUT2D eigenvalue weighted by Gasteiger charge is 2.05. The van der Waals surface area contributed by atoms with E-state index in [1.807, 2.05) is 6.92 Å². The highest BCUT2D eigenvalue weighted by molar-refractivity contribution is 14.0. The third-order valence-corrected chi connectivity index (χ3v) is 4.70. The van der Waals surface area contributed by atoms with E-state index in [1.165, 1.54) is 25.7 Å². The van der Waals surface area contributed by atoms with Gasteiger partial charge in [0.2, 0.25) is 0 Å². The molecule has 0 amide bonds. The van der Waals surface area contributed by atoms with E-state index in [2.05, 4.69) is 38.4 Å². The molecule has 0 aromatic carbocycles. The summed E-state index contributed by atoms with van der Waals surface area (Å²) in [5.74, 6) is 1.90. The van der Waals surface area contributed by atoms with Gasteiger partial charge in [-0.05, 0) is 45.4 Å². The summed E-state index contributed by atoms with van der Waals surface area (Å²) in [5, 5.41) is 15.0. The van der Waals surface area contributed by atoms with Crippen LogP contribution in [0.3, 0.4) is 0 Å². The summed E-state index contributed by atoms with van der Waals surface area (Å²) < 4.78 is 7.49. The van der Waals surface area contributed by atoms with Gasteiger partial charge in [0, 0.05) is 45.8 Å². The molecule has 1 aliphatic rings. The SMILES string of the molecule is CCOCCCN=C(NCCC1=CCCCC1)NCCn1cnnc1CC.I. The average molecular weight is 504 g/mol. The lowest BCUT2D eigenvalue weighted by Crippen LogP contribution is -2.39. The number of aromatic nitrogens is 3. The molecule has 1 aromatic rings. The van der Waals surface area contributed by atoms with Crippen LogP contribution >= 0.6 is 24.0 Å². The zero-order chi connectivity index (χ0) is 19.2. The number of hydrogen-bond acceptors (Lipinski definition) is 4. The van der Waals surface area contributed by atoms with Crippen molar-refractivity contribution in [2.45, 2.75) is 65.3 Å². The fourth-order valence-corrected chi connectivity index (χ4v) is 3.18. The molecule has 0 radical (unpaired) electrons. The van der Waals surface area contributed by atoms with Gasteiger partial charge in [-0.3, -0.25) is 4.99 Å². The van der Waals surface area contributed by atoms with Gasteiger partial charge < -0.3 is 19.9 Å². The first-order valence-corrected chi connectivity index (χ1v) is 10.5. The van der Waals surface area contributed by atoms with Crippen LogP contribution in [-0.2, 0) is 17.7 Å². The maximum absolute atomic E-state index is 5.40. The number of nitrogens with zero attached hydrogens (tertiary/aromatic N) is 4. The molecule has 0 saturated heterocycles. The summed E-state index contributed by atoms with van der Waals surface area (Å²) in [6.45, 7) is 8.97. The maximum Gasteiger partial charge on any atom is 0.191 e. The van der Waals surface area contributed by atoms with Gasteiger partial charge in [0.05, 0.1) is 0 Å². The molecular formula is C20H37IN6O. The van der Waals surface area contributed by atoms with Crippen molar-refractivity contribution < 1.29 is 4.74 Å². The van der Waals surface area contributed by atoms with Crippen LogP contribution in [-0.4, -0.2) is 53.6 Å². The molecule has 1 aromatic heterocycles. The first-order chi connectivity index (χ1) is 13.3. The molecule has 0 bridgehead atoms. The van der Waals surface area contributed by atoms with Crippen LogP contribution in [0.1, 0.15) is 58.2 Å². The Morgan fingerprint density at radius 3 is 2.86 bits per heavy atom. The van der Waals surface area contributed by atoms with E-state index in [0.717, 1.165) is 70.4 Å². The van der Waals surface area contributed by atoms with Crippen LogP contribution in [0.15, 0.2) is 23.0 Å². The van der Waals surface area contributed by atoms with E-state index >= 15 is 0 Å². The molecular weight excluding hydrogens is 467 g/mol. The van der Waals surface area contributed by atoms with E-state index in [9.17, 15) is 0 Å². The van der Waals surface area contributed by atoms with E-state index in [1.54, 1.807) is 11.9 Å². The van der Waals surface area contributed by atoms with Crippen LogP contribution in [0, 0.1) is 0 Å². The van der Waals surface area contributed by atoms with Gasteiger partial charge in [0.1, 0.15) is 12.2 Å². The predicted octanol–water partition coefficient (Wildman–Crippen LogP) is 3.31. The molecule has 7 nitrogen and oxygen atoms in total. The lowest BCUT2D eigenvalue weighted by atomic mass is 9.97. The van der Waals surface area contributed by atoms with E-state index in [-0.39, 0.29) is 24.0 Å².